The van der Waals surface area contributed by atoms with Crippen molar-refractivity contribution in [3.8, 4) is 0 Å². The van der Waals surface area contributed by atoms with Crippen LogP contribution in [0.2, 0.25) is 0 Å². The van der Waals surface area contributed by atoms with Gasteiger partial charge in [-0.1, -0.05) is 20.8 Å². The molecule has 0 fully saturated rings. The van der Waals surface area contributed by atoms with E-state index in [1.54, 1.807) is 0 Å². The highest BCUT2D eigenvalue weighted by atomic mass is 16.5. The van der Waals surface area contributed by atoms with E-state index in [0.29, 0.717) is 19.4 Å². The zero-order chi connectivity index (χ0) is 12.1. The largest absolute Gasteiger partial charge is 0.376 e. The molecule has 3 heteroatoms. The molecule has 3 nitrogen and oxygen atoms in total. The molecule has 0 aromatic heterocycles. The zero-order valence-corrected chi connectivity index (χ0v) is 10.7. The number of nitrogens with two attached hydrogens (primary N) is 1. The summed E-state index contributed by atoms with van der Waals surface area (Å²) in [5, 5.41) is 0. The van der Waals surface area contributed by atoms with Gasteiger partial charge in [-0.15, -0.1) is 0 Å². The number of rotatable bonds is 6. The van der Waals surface area contributed by atoms with Gasteiger partial charge < -0.3 is 10.5 Å². The second kappa shape index (κ2) is 5.50. The highest BCUT2D eigenvalue weighted by Gasteiger charge is 2.25. The molecule has 0 bridgehead atoms. The van der Waals surface area contributed by atoms with Crippen molar-refractivity contribution in [3.05, 3.63) is 0 Å². The lowest BCUT2D eigenvalue weighted by atomic mass is 9.84. The summed E-state index contributed by atoms with van der Waals surface area (Å²) < 4.78 is 5.75. The summed E-state index contributed by atoms with van der Waals surface area (Å²) in [7, 11) is 0. The number of primary amides is 1. The number of carbonyl (C=O) groups excluding carboxylic acids is 1. The van der Waals surface area contributed by atoms with Crippen molar-refractivity contribution in [2.45, 2.75) is 59.5 Å². The number of carbonyl (C=O) groups is 1. The average molecular weight is 215 g/mol. The van der Waals surface area contributed by atoms with E-state index in [1.165, 1.54) is 0 Å². The maximum atomic E-state index is 10.5. The van der Waals surface area contributed by atoms with Crippen LogP contribution < -0.4 is 5.73 Å². The molecule has 0 spiro atoms. The summed E-state index contributed by atoms with van der Waals surface area (Å²) in [6, 6.07) is 0. The maximum absolute atomic E-state index is 10.5. The predicted octanol–water partition coefficient (Wildman–Crippen LogP) is 2.48. The first-order valence-corrected chi connectivity index (χ1v) is 5.55. The van der Waals surface area contributed by atoms with E-state index in [-0.39, 0.29) is 16.9 Å². The molecule has 0 rings (SSSR count). The van der Waals surface area contributed by atoms with Gasteiger partial charge in [0.2, 0.25) is 5.91 Å². The van der Waals surface area contributed by atoms with E-state index in [4.69, 9.17) is 10.5 Å². The first-order chi connectivity index (χ1) is 6.62. The molecule has 0 unspecified atom stereocenters. The molecule has 0 atom stereocenters. The maximum Gasteiger partial charge on any atom is 0.217 e. The van der Waals surface area contributed by atoms with Crippen molar-refractivity contribution < 1.29 is 9.53 Å². The lowest BCUT2D eigenvalue weighted by molar-refractivity contribution is -0.118. The molecule has 0 saturated heterocycles. The van der Waals surface area contributed by atoms with Crippen LogP contribution in [0.4, 0.5) is 0 Å². The summed E-state index contributed by atoms with van der Waals surface area (Å²) in [5.41, 5.74) is 5.18. The van der Waals surface area contributed by atoms with Crippen LogP contribution in [0.25, 0.3) is 0 Å². The van der Waals surface area contributed by atoms with Crippen LogP contribution in [0.5, 0.6) is 0 Å². The molecule has 0 aliphatic heterocycles. The van der Waals surface area contributed by atoms with Gasteiger partial charge in [-0.3, -0.25) is 4.79 Å². The Morgan fingerprint density at radius 1 is 1.20 bits per heavy atom. The summed E-state index contributed by atoms with van der Waals surface area (Å²) in [6.07, 6.45) is 2.12. The van der Waals surface area contributed by atoms with Crippen molar-refractivity contribution in [1.29, 1.82) is 0 Å². The van der Waals surface area contributed by atoms with E-state index in [2.05, 4.69) is 34.6 Å². The predicted molar refractivity (Wildman–Crippen MR) is 62.5 cm³/mol. The molecule has 0 aliphatic carbocycles. The fourth-order valence-electron chi connectivity index (χ4n) is 1.92. The Morgan fingerprint density at radius 3 is 2.13 bits per heavy atom. The highest BCUT2D eigenvalue weighted by molar-refractivity contribution is 5.73. The number of amides is 1. The van der Waals surface area contributed by atoms with Crippen LogP contribution >= 0.6 is 0 Å². The molecular weight excluding hydrogens is 190 g/mol. The minimum Gasteiger partial charge on any atom is -0.376 e. The second-order valence-electron chi connectivity index (χ2n) is 5.92. The van der Waals surface area contributed by atoms with Gasteiger partial charge in [0.05, 0.1) is 5.60 Å². The third-order valence-electron chi connectivity index (χ3n) is 2.02. The Labute approximate surface area is 93.4 Å². The molecule has 0 radical (unpaired) electrons. The van der Waals surface area contributed by atoms with Crippen LogP contribution in [-0.4, -0.2) is 18.1 Å². The monoisotopic (exact) mass is 215 g/mol. The minimum atomic E-state index is -0.257. The Bertz CT molecular complexity index is 204. The Kier molecular flexibility index (Phi) is 5.29. The van der Waals surface area contributed by atoms with Crippen molar-refractivity contribution in [2.24, 2.45) is 11.1 Å². The smallest absolute Gasteiger partial charge is 0.217 e. The van der Waals surface area contributed by atoms with E-state index in [0.717, 1.165) is 6.42 Å². The number of ether oxygens (including phenoxy) is 1. The van der Waals surface area contributed by atoms with Crippen LogP contribution in [-0.2, 0) is 9.53 Å². The second-order valence-corrected chi connectivity index (χ2v) is 5.92. The third kappa shape index (κ3) is 9.73. The van der Waals surface area contributed by atoms with Gasteiger partial charge in [-0.25, -0.2) is 0 Å². The fraction of sp³-hybridized carbons (Fsp3) is 0.917. The van der Waals surface area contributed by atoms with Gasteiger partial charge in [-0.05, 0) is 32.1 Å². The molecule has 1 amide bonds. The quantitative estimate of drug-likeness (QED) is 0.692. The van der Waals surface area contributed by atoms with Crippen LogP contribution in [0, 0.1) is 5.41 Å². The molecule has 2 N–H and O–H groups in total. The van der Waals surface area contributed by atoms with Gasteiger partial charge in [-0.2, -0.15) is 0 Å². The standard InChI is InChI=1S/C12H25NO2/c1-11(2,3)9-12(4,5)15-8-6-7-10(13)14/h6-9H2,1-5H3,(H2,13,14). The lowest BCUT2D eigenvalue weighted by Gasteiger charge is -2.32. The van der Waals surface area contributed by atoms with Crippen molar-refractivity contribution in [2.75, 3.05) is 6.61 Å². The van der Waals surface area contributed by atoms with E-state index < -0.39 is 0 Å². The molecular formula is C12H25NO2. The van der Waals surface area contributed by atoms with Gasteiger partial charge in [0.15, 0.2) is 0 Å². The van der Waals surface area contributed by atoms with Gasteiger partial charge >= 0.3 is 0 Å². The Hall–Kier alpha value is -0.570. The zero-order valence-electron chi connectivity index (χ0n) is 10.7. The molecule has 90 valence electrons. The molecule has 15 heavy (non-hydrogen) atoms. The SMILES string of the molecule is CC(C)(C)CC(C)(C)OCCCC(N)=O. The molecule has 0 aromatic rings. The molecule has 0 aliphatic rings. The van der Waals surface area contributed by atoms with Crippen molar-refractivity contribution in [1.82, 2.24) is 0 Å². The highest BCUT2D eigenvalue weighted by Crippen LogP contribution is 2.29. The number of hydrogen-bond donors (Lipinski definition) is 1. The Morgan fingerprint density at radius 2 is 1.73 bits per heavy atom. The molecule has 0 heterocycles. The van der Waals surface area contributed by atoms with Gasteiger partial charge in [0, 0.05) is 13.0 Å². The van der Waals surface area contributed by atoms with Crippen molar-refractivity contribution in [3.63, 3.8) is 0 Å². The molecule has 0 saturated carbocycles. The fourth-order valence-corrected chi connectivity index (χ4v) is 1.92. The summed E-state index contributed by atoms with van der Waals surface area (Å²) in [5.74, 6) is -0.257. The molecule has 0 aromatic carbocycles. The first-order valence-electron chi connectivity index (χ1n) is 5.55. The van der Waals surface area contributed by atoms with Crippen molar-refractivity contribution >= 4 is 5.91 Å². The summed E-state index contributed by atoms with van der Waals surface area (Å²) >= 11 is 0. The van der Waals surface area contributed by atoms with Crippen LogP contribution in [0.1, 0.15) is 53.9 Å². The topological polar surface area (TPSA) is 52.3 Å². The lowest BCUT2D eigenvalue weighted by Crippen LogP contribution is -2.30. The third-order valence-corrected chi connectivity index (χ3v) is 2.02. The van der Waals surface area contributed by atoms with E-state index >= 15 is 0 Å². The summed E-state index contributed by atoms with van der Waals surface area (Å²) in [4.78, 5) is 10.5. The van der Waals surface area contributed by atoms with E-state index in [9.17, 15) is 4.79 Å². The first kappa shape index (κ1) is 14.4. The Balaban J connectivity index is 3.79. The summed E-state index contributed by atoms with van der Waals surface area (Å²) in [6.45, 7) is 11.4. The number of hydrogen-bond acceptors (Lipinski definition) is 2. The normalized spacial score (nSPS) is 12.9. The van der Waals surface area contributed by atoms with Gasteiger partial charge in [0.25, 0.3) is 0 Å². The van der Waals surface area contributed by atoms with Crippen LogP contribution in [0.15, 0.2) is 0 Å². The van der Waals surface area contributed by atoms with Gasteiger partial charge in [0.1, 0.15) is 0 Å². The average Bonchev–Trinajstić information content (AvgIpc) is 1.93. The minimum absolute atomic E-state index is 0.129. The van der Waals surface area contributed by atoms with Crippen LogP contribution in [0.3, 0.4) is 0 Å². The van der Waals surface area contributed by atoms with E-state index in [1.807, 2.05) is 0 Å².